The van der Waals surface area contributed by atoms with Crippen LogP contribution in [0.4, 0.5) is 0 Å². The molecule has 0 fully saturated rings. The van der Waals surface area contributed by atoms with Crippen molar-refractivity contribution in [3.8, 4) is 17.6 Å². The number of ether oxygens (including phenoxy) is 1. The normalized spacial score (nSPS) is 12.5. The molecule has 2 aromatic rings. The van der Waals surface area contributed by atoms with Gasteiger partial charge in [-0.15, -0.1) is 0 Å². The van der Waals surface area contributed by atoms with Crippen LogP contribution in [0.2, 0.25) is 0 Å². The van der Waals surface area contributed by atoms with Crippen LogP contribution in [0.1, 0.15) is 25.5 Å². The third-order valence-corrected chi connectivity index (χ3v) is 3.12. The second kappa shape index (κ2) is 5.77. The molecule has 1 unspecified atom stereocenters. The lowest BCUT2D eigenvalue weighted by Gasteiger charge is -2.23. The molecule has 0 saturated heterocycles. The van der Waals surface area contributed by atoms with Gasteiger partial charge in [-0.2, -0.15) is 5.26 Å². The van der Waals surface area contributed by atoms with Crippen molar-refractivity contribution in [2.24, 2.45) is 5.41 Å². The van der Waals surface area contributed by atoms with E-state index in [0.29, 0.717) is 11.3 Å². The van der Waals surface area contributed by atoms with Crippen LogP contribution in [0.25, 0.3) is 0 Å². The zero-order chi connectivity index (χ0) is 14.6. The van der Waals surface area contributed by atoms with Crippen molar-refractivity contribution in [3.05, 3.63) is 60.2 Å². The zero-order valence-electron chi connectivity index (χ0n) is 11.6. The maximum Gasteiger partial charge on any atom is 0.127 e. The first-order valence-electron chi connectivity index (χ1n) is 6.45. The summed E-state index contributed by atoms with van der Waals surface area (Å²) in [5, 5.41) is 19.3. The number of hydrogen-bond acceptors (Lipinski definition) is 3. The molecule has 0 bridgehead atoms. The fraction of sp³-hybridized carbons (Fsp3) is 0.235. The smallest absolute Gasteiger partial charge is 0.127 e. The molecule has 1 atom stereocenters. The van der Waals surface area contributed by atoms with Crippen LogP contribution in [0.5, 0.6) is 11.5 Å². The highest BCUT2D eigenvalue weighted by atomic mass is 16.5. The Labute approximate surface area is 119 Å². The summed E-state index contributed by atoms with van der Waals surface area (Å²) in [6.07, 6.45) is -0.855. The number of benzene rings is 2. The third-order valence-electron chi connectivity index (χ3n) is 3.12. The van der Waals surface area contributed by atoms with Gasteiger partial charge in [-0.25, -0.2) is 0 Å². The Morgan fingerprint density at radius 2 is 1.70 bits per heavy atom. The second-order valence-corrected chi connectivity index (χ2v) is 5.22. The largest absolute Gasteiger partial charge is 0.457 e. The van der Waals surface area contributed by atoms with E-state index in [4.69, 9.17) is 10.00 Å². The molecule has 20 heavy (non-hydrogen) atoms. The summed E-state index contributed by atoms with van der Waals surface area (Å²) in [5.74, 6) is 1.38. The predicted molar refractivity (Wildman–Crippen MR) is 77.3 cm³/mol. The fourth-order valence-electron chi connectivity index (χ4n) is 1.85. The van der Waals surface area contributed by atoms with E-state index in [-0.39, 0.29) is 0 Å². The Kier molecular flexibility index (Phi) is 4.07. The molecule has 0 heterocycles. The van der Waals surface area contributed by atoms with Crippen LogP contribution in [-0.2, 0) is 0 Å². The van der Waals surface area contributed by atoms with Crippen LogP contribution in [-0.4, -0.2) is 5.11 Å². The second-order valence-electron chi connectivity index (χ2n) is 5.22. The topological polar surface area (TPSA) is 53.2 Å². The molecule has 3 nitrogen and oxygen atoms in total. The van der Waals surface area contributed by atoms with Crippen molar-refractivity contribution in [3.63, 3.8) is 0 Å². The lowest BCUT2D eigenvalue weighted by molar-refractivity contribution is 0.0866. The number of nitrogens with zero attached hydrogens (tertiary/aromatic N) is 1. The minimum atomic E-state index is -0.855. The highest BCUT2D eigenvalue weighted by Crippen LogP contribution is 2.34. The summed E-state index contributed by atoms with van der Waals surface area (Å²) in [6, 6.07) is 18.7. The number of para-hydroxylation sites is 1. The van der Waals surface area contributed by atoms with Gasteiger partial charge in [-0.3, -0.25) is 0 Å². The predicted octanol–water partition coefficient (Wildman–Crippen LogP) is 4.06. The summed E-state index contributed by atoms with van der Waals surface area (Å²) in [7, 11) is 0. The van der Waals surface area contributed by atoms with Crippen molar-refractivity contribution in [2.75, 3.05) is 0 Å². The molecular formula is C17H17NO2. The first-order valence-corrected chi connectivity index (χ1v) is 6.45. The first-order chi connectivity index (χ1) is 9.53. The van der Waals surface area contributed by atoms with Crippen LogP contribution >= 0.6 is 0 Å². The Morgan fingerprint density at radius 1 is 1.05 bits per heavy atom. The molecule has 0 aliphatic rings. The minimum Gasteiger partial charge on any atom is -0.457 e. The Hall–Kier alpha value is -2.31. The lowest BCUT2D eigenvalue weighted by atomic mass is 9.84. The summed E-state index contributed by atoms with van der Waals surface area (Å²) >= 11 is 0. The SMILES string of the molecule is CC(C)(C#N)C(O)c1cccc(Oc2ccccc2)c1. The number of nitriles is 1. The van der Waals surface area contributed by atoms with Crippen molar-refractivity contribution in [1.29, 1.82) is 5.26 Å². The molecule has 2 rings (SSSR count). The van der Waals surface area contributed by atoms with Crippen molar-refractivity contribution >= 4 is 0 Å². The van der Waals surface area contributed by atoms with E-state index in [0.717, 1.165) is 5.75 Å². The van der Waals surface area contributed by atoms with Gasteiger partial charge < -0.3 is 9.84 Å². The Balaban J connectivity index is 2.23. The van der Waals surface area contributed by atoms with Gasteiger partial charge in [-0.1, -0.05) is 30.3 Å². The van der Waals surface area contributed by atoms with Gasteiger partial charge in [0.2, 0.25) is 0 Å². The molecule has 1 N–H and O–H groups in total. The summed E-state index contributed by atoms with van der Waals surface area (Å²) in [5.41, 5.74) is -0.171. The maximum atomic E-state index is 10.3. The van der Waals surface area contributed by atoms with Crippen molar-refractivity contribution in [1.82, 2.24) is 0 Å². The molecular weight excluding hydrogens is 250 g/mol. The zero-order valence-corrected chi connectivity index (χ0v) is 11.6. The standard InChI is InChI=1S/C17H17NO2/c1-17(2,12-18)16(19)13-7-6-10-15(11-13)20-14-8-4-3-5-9-14/h3-11,16,19H,1-2H3. The maximum absolute atomic E-state index is 10.3. The average molecular weight is 267 g/mol. The van der Waals surface area contributed by atoms with Crippen LogP contribution in [0.15, 0.2) is 54.6 Å². The van der Waals surface area contributed by atoms with Gasteiger partial charge in [0.15, 0.2) is 0 Å². The molecule has 0 radical (unpaired) electrons. The molecule has 2 aromatic carbocycles. The van der Waals surface area contributed by atoms with Crippen molar-refractivity contribution < 1.29 is 9.84 Å². The molecule has 0 amide bonds. The Bertz CT molecular complexity index is 614. The number of aliphatic hydroxyl groups is 1. The molecule has 0 saturated carbocycles. The lowest BCUT2D eigenvalue weighted by Crippen LogP contribution is -2.19. The monoisotopic (exact) mass is 267 g/mol. The van der Waals surface area contributed by atoms with Crippen LogP contribution in [0, 0.1) is 16.7 Å². The number of rotatable bonds is 4. The Morgan fingerprint density at radius 3 is 2.35 bits per heavy atom. The van der Waals surface area contributed by atoms with E-state index in [1.54, 1.807) is 26.0 Å². The number of aliphatic hydroxyl groups excluding tert-OH is 1. The van der Waals surface area contributed by atoms with Crippen LogP contribution in [0.3, 0.4) is 0 Å². The first kappa shape index (κ1) is 14.1. The van der Waals surface area contributed by atoms with Gasteiger partial charge in [0.1, 0.15) is 11.5 Å². The van der Waals surface area contributed by atoms with Gasteiger partial charge in [0.25, 0.3) is 0 Å². The fourth-order valence-corrected chi connectivity index (χ4v) is 1.85. The average Bonchev–Trinajstić information content (AvgIpc) is 2.48. The molecule has 0 aromatic heterocycles. The molecule has 3 heteroatoms. The highest BCUT2D eigenvalue weighted by Gasteiger charge is 2.29. The van der Waals surface area contributed by atoms with E-state index in [1.807, 2.05) is 42.5 Å². The third kappa shape index (κ3) is 3.17. The van der Waals surface area contributed by atoms with Gasteiger partial charge >= 0.3 is 0 Å². The summed E-state index contributed by atoms with van der Waals surface area (Å²) in [6.45, 7) is 3.42. The van der Waals surface area contributed by atoms with E-state index in [1.165, 1.54) is 0 Å². The van der Waals surface area contributed by atoms with Gasteiger partial charge in [-0.05, 0) is 43.7 Å². The van der Waals surface area contributed by atoms with Crippen LogP contribution < -0.4 is 4.74 Å². The van der Waals surface area contributed by atoms with E-state index < -0.39 is 11.5 Å². The van der Waals surface area contributed by atoms with E-state index >= 15 is 0 Å². The molecule has 0 aliphatic carbocycles. The van der Waals surface area contributed by atoms with E-state index in [2.05, 4.69) is 6.07 Å². The summed E-state index contributed by atoms with van der Waals surface area (Å²) < 4.78 is 5.72. The van der Waals surface area contributed by atoms with Crippen molar-refractivity contribution in [2.45, 2.75) is 20.0 Å². The summed E-state index contributed by atoms with van der Waals surface area (Å²) in [4.78, 5) is 0. The quantitative estimate of drug-likeness (QED) is 0.908. The molecule has 0 aliphatic heterocycles. The van der Waals surface area contributed by atoms with Gasteiger partial charge in [0.05, 0.1) is 17.6 Å². The highest BCUT2D eigenvalue weighted by molar-refractivity contribution is 5.35. The number of hydrogen-bond donors (Lipinski definition) is 1. The molecule has 0 spiro atoms. The van der Waals surface area contributed by atoms with Gasteiger partial charge in [0, 0.05) is 0 Å². The minimum absolute atomic E-state index is 0.640. The van der Waals surface area contributed by atoms with E-state index in [9.17, 15) is 5.11 Å². The molecule has 102 valence electrons.